The fourth-order valence-electron chi connectivity index (χ4n) is 3.84. The Hall–Kier alpha value is -4.77. The van der Waals surface area contributed by atoms with E-state index < -0.39 is 23.5 Å². The zero-order valence-electron chi connectivity index (χ0n) is 19.4. The number of para-hydroxylation sites is 2. The molecule has 0 aliphatic heterocycles. The summed E-state index contributed by atoms with van der Waals surface area (Å²) in [5.74, 6) is -3.94. The van der Waals surface area contributed by atoms with Crippen LogP contribution in [0.1, 0.15) is 11.5 Å². The van der Waals surface area contributed by atoms with Gasteiger partial charge in [0, 0.05) is 19.3 Å². The van der Waals surface area contributed by atoms with Crippen LogP contribution in [0.25, 0.3) is 20.8 Å². The van der Waals surface area contributed by atoms with Crippen LogP contribution >= 0.6 is 11.3 Å². The van der Waals surface area contributed by atoms with E-state index in [1.54, 1.807) is 36.9 Å². The first-order chi connectivity index (χ1) is 17.8. The second-order valence-electron chi connectivity index (χ2n) is 8.16. The number of primary amides is 1. The van der Waals surface area contributed by atoms with Gasteiger partial charge < -0.3 is 25.5 Å². The highest BCUT2D eigenvalue weighted by atomic mass is 32.1. The van der Waals surface area contributed by atoms with Gasteiger partial charge >= 0.3 is 0 Å². The quantitative estimate of drug-likeness (QED) is 0.214. The number of imidazole rings is 1. The predicted octanol–water partition coefficient (Wildman–Crippen LogP) is 4.54. The van der Waals surface area contributed by atoms with E-state index in [2.05, 4.69) is 15.3 Å². The van der Waals surface area contributed by atoms with Crippen LogP contribution < -0.4 is 15.8 Å². The van der Waals surface area contributed by atoms with Gasteiger partial charge in [0.05, 0.1) is 39.0 Å². The molecule has 3 heterocycles. The number of nitrogens with two attached hydrogens (primary N) is 1. The van der Waals surface area contributed by atoms with Gasteiger partial charge in [-0.05, 0) is 35.9 Å². The van der Waals surface area contributed by atoms with Crippen LogP contribution in [0.3, 0.4) is 0 Å². The highest BCUT2D eigenvalue weighted by Gasteiger charge is 2.28. The molecule has 0 radical (unpaired) electrons. The number of ether oxygens (including phenoxy) is 1. The van der Waals surface area contributed by atoms with E-state index in [4.69, 9.17) is 10.5 Å². The van der Waals surface area contributed by atoms with Gasteiger partial charge in [0.1, 0.15) is 17.4 Å². The number of pyridine rings is 1. The van der Waals surface area contributed by atoms with E-state index in [0.29, 0.717) is 11.3 Å². The van der Waals surface area contributed by atoms with Crippen molar-refractivity contribution in [3.8, 4) is 27.8 Å². The smallest absolute Gasteiger partial charge is 0.241 e. The predicted molar refractivity (Wildman–Crippen MR) is 137 cm³/mol. The zero-order valence-corrected chi connectivity index (χ0v) is 20.2. The lowest BCUT2D eigenvalue weighted by atomic mass is 9.97. The minimum absolute atomic E-state index is 0.0414. The molecule has 37 heavy (non-hydrogen) atoms. The maximum Gasteiger partial charge on any atom is 0.241 e. The van der Waals surface area contributed by atoms with Crippen molar-refractivity contribution in [2.24, 2.45) is 12.8 Å². The molecule has 2 amide bonds. The Bertz CT molecular complexity index is 1650. The first-order valence-corrected chi connectivity index (χ1v) is 11.8. The Morgan fingerprint density at radius 2 is 1.97 bits per heavy atom. The molecule has 0 spiro atoms. The number of hydrogen-bond donors (Lipinski definition) is 3. The number of hydrogen-bond acceptors (Lipinski definition) is 7. The summed E-state index contributed by atoms with van der Waals surface area (Å²) >= 11 is 1.43. The Morgan fingerprint density at radius 1 is 1.16 bits per heavy atom. The van der Waals surface area contributed by atoms with Gasteiger partial charge in [0.25, 0.3) is 0 Å². The first kappa shape index (κ1) is 23.9. The fraction of sp³-hybridized carbons (Fsp3) is 0.0769. The van der Waals surface area contributed by atoms with Gasteiger partial charge in [-0.1, -0.05) is 18.2 Å². The van der Waals surface area contributed by atoms with Crippen LogP contribution in [-0.2, 0) is 16.6 Å². The summed E-state index contributed by atoms with van der Waals surface area (Å²) in [4.78, 5) is 34.3. The zero-order chi connectivity index (χ0) is 26.1. The molecule has 3 aromatic heterocycles. The SMILES string of the molecule is Cn1cncc1-c1cc2nccc(Oc3ccc(C(C(N)=O)C(=O)Nc4ccccc4O)cc3F)c2s1. The highest BCUT2D eigenvalue weighted by molar-refractivity contribution is 7.22. The molecule has 1 atom stereocenters. The Balaban J connectivity index is 1.42. The topological polar surface area (TPSA) is 132 Å². The van der Waals surface area contributed by atoms with E-state index in [9.17, 15) is 14.7 Å². The molecule has 0 fully saturated rings. The number of nitrogens with zero attached hydrogens (tertiary/aromatic N) is 3. The summed E-state index contributed by atoms with van der Waals surface area (Å²) in [5, 5.41) is 12.3. The normalized spacial score (nSPS) is 11.8. The van der Waals surface area contributed by atoms with Gasteiger partial charge in [0.15, 0.2) is 11.6 Å². The molecule has 1 unspecified atom stereocenters. The number of anilines is 1. The molecular weight excluding hydrogens is 497 g/mol. The maximum absolute atomic E-state index is 15.1. The van der Waals surface area contributed by atoms with E-state index in [-0.39, 0.29) is 22.7 Å². The number of carbonyl (C=O) groups is 2. The molecule has 186 valence electrons. The second-order valence-corrected chi connectivity index (χ2v) is 9.21. The van der Waals surface area contributed by atoms with Crippen LogP contribution in [-0.4, -0.2) is 31.5 Å². The molecule has 0 saturated heterocycles. The molecule has 11 heteroatoms. The van der Waals surface area contributed by atoms with Crippen LogP contribution in [0.5, 0.6) is 17.2 Å². The van der Waals surface area contributed by atoms with Crippen LogP contribution in [0, 0.1) is 5.82 Å². The lowest BCUT2D eigenvalue weighted by Crippen LogP contribution is -2.32. The summed E-state index contributed by atoms with van der Waals surface area (Å²) < 4.78 is 23.6. The molecular formula is C26H20FN5O4S. The molecule has 0 aliphatic carbocycles. The van der Waals surface area contributed by atoms with Crippen molar-refractivity contribution in [2.75, 3.05) is 5.32 Å². The third-order valence-corrected chi connectivity index (χ3v) is 6.82. The number of phenols is 1. The minimum Gasteiger partial charge on any atom is -0.506 e. The molecule has 5 aromatic rings. The lowest BCUT2D eigenvalue weighted by molar-refractivity contribution is -0.127. The number of carbonyl (C=O) groups excluding carboxylic acids is 2. The number of nitrogens with one attached hydrogen (secondary N) is 1. The Kier molecular flexibility index (Phi) is 6.28. The third kappa shape index (κ3) is 4.71. The minimum atomic E-state index is -1.49. The number of amides is 2. The summed E-state index contributed by atoms with van der Waals surface area (Å²) in [6.45, 7) is 0. The number of aromatic hydroxyl groups is 1. The standard InChI is InChI=1S/C26H20FN5O4S/c1-32-13-29-12-18(32)22-11-17-24(37-22)21(8-9-30-17)36-20-7-6-14(10-15(20)27)23(25(28)34)26(35)31-16-4-2-3-5-19(16)33/h2-13,23,33H,1H3,(H2,28,34)(H,31,35). The number of benzene rings is 2. The van der Waals surface area contributed by atoms with Crippen molar-refractivity contribution in [1.82, 2.24) is 14.5 Å². The summed E-state index contributed by atoms with van der Waals surface area (Å²) in [5.41, 5.74) is 7.19. The van der Waals surface area contributed by atoms with Gasteiger partial charge in [0.2, 0.25) is 11.8 Å². The van der Waals surface area contributed by atoms with Crippen molar-refractivity contribution in [3.63, 3.8) is 0 Å². The maximum atomic E-state index is 15.1. The average molecular weight is 518 g/mol. The lowest BCUT2D eigenvalue weighted by Gasteiger charge is -2.16. The van der Waals surface area contributed by atoms with Crippen LogP contribution in [0.2, 0.25) is 0 Å². The molecule has 0 saturated carbocycles. The average Bonchev–Trinajstić information content (AvgIpc) is 3.48. The number of aromatic nitrogens is 3. The monoisotopic (exact) mass is 517 g/mol. The van der Waals surface area contributed by atoms with E-state index >= 15 is 4.39 Å². The summed E-state index contributed by atoms with van der Waals surface area (Å²) in [7, 11) is 1.89. The number of fused-ring (bicyclic) bond motifs is 1. The number of thiophene rings is 1. The summed E-state index contributed by atoms with van der Waals surface area (Å²) in [6.07, 6.45) is 5.01. The molecule has 9 nitrogen and oxygen atoms in total. The van der Waals surface area contributed by atoms with E-state index in [0.717, 1.165) is 21.3 Å². The van der Waals surface area contributed by atoms with Gasteiger partial charge in [-0.15, -0.1) is 11.3 Å². The molecule has 0 bridgehead atoms. The third-order valence-electron chi connectivity index (χ3n) is 5.66. The first-order valence-electron chi connectivity index (χ1n) is 11.0. The van der Waals surface area contributed by atoms with Crippen molar-refractivity contribution in [3.05, 3.63) is 84.7 Å². The number of rotatable bonds is 7. The Labute approximate surface area is 214 Å². The van der Waals surface area contributed by atoms with Crippen molar-refractivity contribution >= 4 is 39.1 Å². The number of phenolic OH excluding ortho intramolecular Hbond substituents is 1. The molecule has 4 N–H and O–H groups in total. The summed E-state index contributed by atoms with van der Waals surface area (Å²) in [6, 6.07) is 13.3. The van der Waals surface area contributed by atoms with Crippen molar-refractivity contribution in [1.29, 1.82) is 0 Å². The Morgan fingerprint density at radius 3 is 2.68 bits per heavy atom. The van der Waals surface area contributed by atoms with Crippen molar-refractivity contribution < 1.29 is 23.8 Å². The number of aryl methyl sites for hydroxylation is 1. The molecule has 0 aliphatic rings. The fourth-order valence-corrected chi connectivity index (χ4v) is 4.96. The van der Waals surface area contributed by atoms with Crippen LogP contribution in [0.15, 0.2) is 73.3 Å². The van der Waals surface area contributed by atoms with Crippen molar-refractivity contribution in [2.45, 2.75) is 5.92 Å². The van der Waals surface area contributed by atoms with E-state index in [1.807, 2.05) is 17.7 Å². The number of halogens is 1. The van der Waals surface area contributed by atoms with Crippen LogP contribution in [0.4, 0.5) is 10.1 Å². The van der Waals surface area contributed by atoms with Gasteiger partial charge in [-0.3, -0.25) is 14.6 Å². The van der Waals surface area contributed by atoms with Gasteiger partial charge in [-0.25, -0.2) is 9.37 Å². The molecule has 5 rings (SSSR count). The second kappa shape index (κ2) is 9.70. The van der Waals surface area contributed by atoms with Gasteiger partial charge in [-0.2, -0.15) is 0 Å². The highest BCUT2D eigenvalue weighted by Crippen LogP contribution is 2.39. The van der Waals surface area contributed by atoms with E-state index in [1.165, 1.54) is 35.6 Å². The largest absolute Gasteiger partial charge is 0.506 e. The molecule has 2 aromatic carbocycles.